The van der Waals surface area contributed by atoms with Gasteiger partial charge in [0.1, 0.15) is 0 Å². The average Bonchev–Trinajstić information content (AvgIpc) is 3.12. The van der Waals surface area contributed by atoms with Gasteiger partial charge < -0.3 is 15.7 Å². The highest BCUT2D eigenvalue weighted by Gasteiger charge is 2.30. The molecule has 7 heteroatoms. The molecule has 138 valence electrons. The lowest BCUT2D eigenvalue weighted by molar-refractivity contribution is 0.118. The third kappa shape index (κ3) is 4.52. The fourth-order valence-electron chi connectivity index (χ4n) is 3.71. The Morgan fingerprint density at radius 2 is 1.72 bits per heavy atom. The summed E-state index contributed by atoms with van der Waals surface area (Å²) >= 11 is 0. The van der Waals surface area contributed by atoms with Gasteiger partial charge in [-0.2, -0.15) is 0 Å². The van der Waals surface area contributed by atoms with Crippen molar-refractivity contribution in [2.45, 2.75) is 73.7 Å². The van der Waals surface area contributed by atoms with Crippen molar-refractivity contribution in [3.63, 3.8) is 0 Å². The number of benzene rings is 1. The quantitative estimate of drug-likeness (QED) is 0.763. The summed E-state index contributed by atoms with van der Waals surface area (Å²) in [5.74, 6) is 0. The molecular weight excluding hydrogens is 340 g/mol. The van der Waals surface area contributed by atoms with Crippen LogP contribution in [0.4, 0.5) is 10.5 Å². The van der Waals surface area contributed by atoms with Crippen LogP contribution < -0.4 is 10.6 Å². The maximum Gasteiger partial charge on any atom is 0.319 e. The van der Waals surface area contributed by atoms with Gasteiger partial charge in [-0.05, 0) is 56.7 Å². The van der Waals surface area contributed by atoms with Crippen LogP contribution in [-0.2, 0) is 9.84 Å². The molecule has 6 nitrogen and oxygen atoms in total. The molecule has 3 rings (SSSR count). The van der Waals surface area contributed by atoms with Gasteiger partial charge in [0.25, 0.3) is 0 Å². The number of nitrogens with one attached hydrogen (secondary N) is 2. The van der Waals surface area contributed by atoms with Crippen molar-refractivity contribution in [3.05, 3.63) is 24.3 Å². The van der Waals surface area contributed by atoms with Gasteiger partial charge in [-0.15, -0.1) is 0 Å². The molecule has 2 saturated carbocycles. The van der Waals surface area contributed by atoms with E-state index < -0.39 is 9.84 Å². The van der Waals surface area contributed by atoms with E-state index in [-0.39, 0.29) is 28.3 Å². The molecule has 0 bridgehead atoms. The SMILES string of the molecule is O=C(Nc1cccc(S(=O)(=O)C2CCCC2)c1)NC1CCC(O)CC1. The van der Waals surface area contributed by atoms with Gasteiger partial charge in [-0.3, -0.25) is 0 Å². The first kappa shape index (κ1) is 18.2. The Hall–Kier alpha value is -1.60. The molecule has 0 aromatic heterocycles. The highest BCUT2D eigenvalue weighted by molar-refractivity contribution is 7.92. The molecule has 0 unspecified atom stereocenters. The number of hydrogen-bond acceptors (Lipinski definition) is 4. The fourth-order valence-corrected chi connectivity index (χ4v) is 5.61. The summed E-state index contributed by atoms with van der Waals surface area (Å²) in [5.41, 5.74) is 0.479. The van der Waals surface area contributed by atoms with Gasteiger partial charge in [-0.1, -0.05) is 18.9 Å². The minimum absolute atomic E-state index is 0.0498. The van der Waals surface area contributed by atoms with Crippen LogP contribution >= 0.6 is 0 Å². The molecule has 2 aliphatic carbocycles. The number of hydrogen-bond donors (Lipinski definition) is 3. The van der Waals surface area contributed by atoms with Crippen LogP contribution in [0.2, 0.25) is 0 Å². The summed E-state index contributed by atoms with van der Waals surface area (Å²) in [5, 5.41) is 14.8. The third-order valence-electron chi connectivity index (χ3n) is 5.19. The van der Waals surface area contributed by atoms with Crippen molar-refractivity contribution in [3.8, 4) is 0 Å². The van der Waals surface area contributed by atoms with Gasteiger partial charge in [0, 0.05) is 11.7 Å². The second kappa shape index (κ2) is 7.74. The van der Waals surface area contributed by atoms with Crippen LogP contribution in [-0.4, -0.2) is 37.0 Å². The van der Waals surface area contributed by atoms with Crippen LogP contribution in [0.1, 0.15) is 51.4 Å². The number of carbonyl (C=O) groups is 1. The Balaban J connectivity index is 1.62. The molecule has 2 fully saturated rings. The topological polar surface area (TPSA) is 95.5 Å². The van der Waals surface area contributed by atoms with Crippen molar-refractivity contribution in [2.75, 3.05) is 5.32 Å². The average molecular weight is 366 g/mol. The maximum atomic E-state index is 12.7. The predicted octanol–water partition coefficient (Wildman–Crippen LogP) is 2.83. The van der Waals surface area contributed by atoms with Crippen molar-refractivity contribution in [1.29, 1.82) is 0 Å². The lowest BCUT2D eigenvalue weighted by Gasteiger charge is -2.26. The van der Waals surface area contributed by atoms with Crippen molar-refractivity contribution >= 4 is 21.6 Å². The number of carbonyl (C=O) groups excluding carboxylic acids is 1. The number of sulfone groups is 1. The Morgan fingerprint density at radius 1 is 1.04 bits per heavy atom. The van der Waals surface area contributed by atoms with Crippen molar-refractivity contribution < 1.29 is 18.3 Å². The van der Waals surface area contributed by atoms with Gasteiger partial charge in [0.15, 0.2) is 9.84 Å². The smallest absolute Gasteiger partial charge is 0.319 e. The molecule has 0 radical (unpaired) electrons. The number of aliphatic hydroxyl groups excluding tert-OH is 1. The monoisotopic (exact) mass is 366 g/mol. The van der Waals surface area contributed by atoms with Crippen LogP contribution in [0.5, 0.6) is 0 Å². The zero-order chi connectivity index (χ0) is 17.9. The van der Waals surface area contributed by atoms with E-state index >= 15 is 0 Å². The Morgan fingerprint density at radius 3 is 2.40 bits per heavy atom. The van der Waals surface area contributed by atoms with E-state index in [2.05, 4.69) is 10.6 Å². The number of aliphatic hydroxyl groups is 1. The molecular formula is C18H26N2O4S. The molecule has 0 heterocycles. The van der Waals surface area contributed by atoms with Crippen LogP contribution in [0.15, 0.2) is 29.2 Å². The van der Waals surface area contributed by atoms with E-state index in [1.54, 1.807) is 18.2 Å². The molecule has 0 aliphatic heterocycles. The zero-order valence-corrected chi connectivity index (χ0v) is 15.1. The second-order valence-electron chi connectivity index (χ2n) is 7.08. The van der Waals surface area contributed by atoms with Gasteiger partial charge in [0.2, 0.25) is 0 Å². The molecule has 0 spiro atoms. The molecule has 1 aromatic rings. The minimum atomic E-state index is -3.33. The minimum Gasteiger partial charge on any atom is -0.393 e. The summed E-state index contributed by atoms with van der Waals surface area (Å²) < 4.78 is 25.3. The molecule has 2 amide bonds. The van der Waals surface area contributed by atoms with E-state index in [0.29, 0.717) is 31.4 Å². The number of amides is 2. The number of rotatable bonds is 4. The van der Waals surface area contributed by atoms with E-state index in [0.717, 1.165) is 25.7 Å². The van der Waals surface area contributed by atoms with Crippen LogP contribution in [0.25, 0.3) is 0 Å². The summed E-state index contributed by atoms with van der Waals surface area (Å²) in [4.78, 5) is 12.4. The first-order valence-electron chi connectivity index (χ1n) is 9.05. The van der Waals surface area contributed by atoms with E-state index in [9.17, 15) is 18.3 Å². The molecule has 2 aliphatic rings. The normalized spacial score (nSPS) is 24.8. The highest BCUT2D eigenvalue weighted by atomic mass is 32.2. The molecule has 0 saturated heterocycles. The summed E-state index contributed by atoms with van der Waals surface area (Å²) in [6, 6.07) is 6.20. The van der Waals surface area contributed by atoms with Crippen molar-refractivity contribution in [2.24, 2.45) is 0 Å². The zero-order valence-electron chi connectivity index (χ0n) is 14.3. The maximum absolute atomic E-state index is 12.7. The van der Waals surface area contributed by atoms with Crippen LogP contribution in [0, 0.1) is 0 Å². The summed E-state index contributed by atoms with van der Waals surface area (Å²) in [6.45, 7) is 0. The first-order valence-corrected chi connectivity index (χ1v) is 10.6. The molecule has 0 atom stereocenters. The van der Waals surface area contributed by atoms with Gasteiger partial charge in [0.05, 0.1) is 16.2 Å². The standard InChI is InChI=1S/C18H26N2O4S/c21-15-10-8-13(9-11-15)19-18(22)20-14-4-3-7-17(12-14)25(23,24)16-5-1-2-6-16/h3-4,7,12-13,15-16,21H,1-2,5-6,8-11H2,(H2,19,20,22). The highest BCUT2D eigenvalue weighted by Crippen LogP contribution is 2.30. The lowest BCUT2D eigenvalue weighted by atomic mass is 9.93. The molecule has 1 aromatic carbocycles. The number of urea groups is 1. The first-order chi connectivity index (χ1) is 11.9. The van der Waals surface area contributed by atoms with Crippen LogP contribution in [0.3, 0.4) is 0 Å². The lowest BCUT2D eigenvalue weighted by Crippen LogP contribution is -2.40. The van der Waals surface area contributed by atoms with E-state index in [1.807, 2.05) is 0 Å². The summed E-state index contributed by atoms with van der Waals surface area (Å²) in [7, 11) is -3.33. The van der Waals surface area contributed by atoms with E-state index in [1.165, 1.54) is 6.07 Å². The van der Waals surface area contributed by atoms with Crippen molar-refractivity contribution in [1.82, 2.24) is 5.32 Å². The fraction of sp³-hybridized carbons (Fsp3) is 0.611. The summed E-state index contributed by atoms with van der Waals surface area (Å²) in [6.07, 6.45) is 5.98. The largest absolute Gasteiger partial charge is 0.393 e. The Bertz CT molecular complexity index is 706. The molecule has 25 heavy (non-hydrogen) atoms. The number of anilines is 1. The Labute approximate surface area is 148 Å². The van der Waals surface area contributed by atoms with E-state index in [4.69, 9.17) is 0 Å². The van der Waals surface area contributed by atoms with Gasteiger partial charge >= 0.3 is 6.03 Å². The second-order valence-corrected chi connectivity index (χ2v) is 9.31. The molecule has 3 N–H and O–H groups in total. The third-order valence-corrected chi connectivity index (χ3v) is 7.45. The Kier molecular flexibility index (Phi) is 5.64. The predicted molar refractivity (Wildman–Crippen MR) is 96.3 cm³/mol. The van der Waals surface area contributed by atoms with Gasteiger partial charge in [-0.25, -0.2) is 13.2 Å².